The fourth-order valence-electron chi connectivity index (χ4n) is 3.26. The van der Waals surface area contributed by atoms with Crippen LogP contribution in [-0.2, 0) is 9.53 Å². The molecule has 1 saturated heterocycles. The van der Waals surface area contributed by atoms with Gasteiger partial charge < -0.3 is 4.74 Å². The maximum atomic E-state index is 12.4. The molecule has 0 aliphatic carbocycles. The molecule has 1 heterocycles. The van der Waals surface area contributed by atoms with Crippen LogP contribution in [0.15, 0.2) is 65.8 Å². The number of morpholine rings is 1. The lowest BCUT2D eigenvalue weighted by Crippen LogP contribution is -2.48. The summed E-state index contributed by atoms with van der Waals surface area (Å²) in [6.45, 7) is 5.89. The molecule has 1 amide bonds. The molecule has 2 unspecified atom stereocenters. The van der Waals surface area contributed by atoms with Gasteiger partial charge in [0.05, 0.1) is 24.5 Å². The maximum Gasteiger partial charge on any atom is 0.254 e. The van der Waals surface area contributed by atoms with Crippen molar-refractivity contribution in [3.05, 3.63) is 71.8 Å². The van der Waals surface area contributed by atoms with Crippen molar-refractivity contribution in [1.82, 2.24) is 10.3 Å². The Labute approximate surface area is 154 Å². The highest BCUT2D eigenvalue weighted by atomic mass is 16.5. The summed E-state index contributed by atoms with van der Waals surface area (Å²) < 4.78 is 5.71. The van der Waals surface area contributed by atoms with Crippen molar-refractivity contribution in [2.24, 2.45) is 5.10 Å². The van der Waals surface area contributed by atoms with Crippen molar-refractivity contribution in [3.8, 4) is 0 Å². The lowest BCUT2D eigenvalue weighted by atomic mass is 10.0. The number of hydrogen-bond donors (Lipinski definition) is 1. The number of benzene rings is 2. The zero-order valence-corrected chi connectivity index (χ0v) is 15.3. The summed E-state index contributed by atoms with van der Waals surface area (Å²) in [4.78, 5) is 14.5. The number of nitrogens with zero attached hydrogens (tertiary/aromatic N) is 2. The van der Waals surface area contributed by atoms with E-state index in [1.165, 1.54) is 0 Å². The maximum absolute atomic E-state index is 12.4. The van der Waals surface area contributed by atoms with Crippen molar-refractivity contribution in [2.45, 2.75) is 26.1 Å². The third-order valence-electron chi connectivity index (χ3n) is 4.25. The molecule has 0 spiro atoms. The summed E-state index contributed by atoms with van der Waals surface area (Å²) in [5, 5.41) is 4.43. The minimum atomic E-state index is -0.115. The average Bonchev–Trinajstić information content (AvgIpc) is 2.63. The molecule has 1 aliphatic rings. The van der Waals surface area contributed by atoms with Crippen LogP contribution in [0, 0.1) is 0 Å². The molecule has 0 bridgehead atoms. The van der Waals surface area contributed by atoms with Crippen LogP contribution in [0.3, 0.4) is 0 Å². The van der Waals surface area contributed by atoms with E-state index in [1.54, 1.807) is 0 Å². The van der Waals surface area contributed by atoms with E-state index in [1.807, 2.05) is 74.5 Å². The summed E-state index contributed by atoms with van der Waals surface area (Å²) in [5.41, 5.74) is 5.41. The quantitative estimate of drug-likeness (QED) is 0.666. The molecule has 136 valence electrons. The van der Waals surface area contributed by atoms with E-state index in [0.717, 1.165) is 29.9 Å². The first-order valence-electron chi connectivity index (χ1n) is 8.97. The first-order valence-corrected chi connectivity index (χ1v) is 8.97. The number of nitrogens with one attached hydrogen (secondary N) is 1. The van der Waals surface area contributed by atoms with Gasteiger partial charge in [0.2, 0.25) is 0 Å². The van der Waals surface area contributed by atoms with Gasteiger partial charge in [0.1, 0.15) is 0 Å². The monoisotopic (exact) mass is 351 g/mol. The molecule has 0 radical (unpaired) electrons. The standard InChI is InChI=1S/C21H25N3O2/c1-16-13-24(14-17(2)26-16)15-20(25)22-23-21(18-9-5-3-6-10-18)19-11-7-4-8-12-19/h3-12,16-17H,13-15H2,1-2H3,(H,22,25). The number of ether oxygens (including phenoxy) is 1. The first-order chi connectivity index (χ1) is 12.6. The molecule has 1 fully saturated rings. The third kappa shape index (κ3) is 5.00. The molecule has 3 rings (SSSR count). The lowest BCUT2D eigenvalue weighted by Gasteiger charge is -2.34. The molecular weight excluding hydrogens is 326 g/mol. The minimum absolute atomic E-state index is 0.115. The number of carbonyl (C=O) groups is 1. The van der Waals surface area contributed by atoms with Gasteiger partial charge in [-0.1, -0.05) is 60.7 Å². The Bertz CT molecular complexity index is 695. The lowest BCUT2D eigenvalue weighted by molar-refractivity contribution is -0.125. The largest absolute Gasteiger partial charge is 0.373 e. The highest BCUT2D eigenvalue weighted by Crippen LogP contribution is 2.11. The number of hydrazone groups is 1. The number of hydrogen-bond acceptors (Lipinski definition) is 4. The Morgan fingerprint density at radius 2 is 1.50 bits per heavy atom. The predicted molar refractivity (Wildman–Crippen MR) is 103 cm³/mol. The van der Waals surface area contributed by atoms with Crippen LogP contribution < -0.4 is 5.43 Å². The third-order valence-corrected chi connectivity index (χ3v) is 4.25. The summed E-state index contributed by atoms with van der Waals surface area (Å²) in [6.07, 6.45) is 0.276. The molecular formula is C21H25N3O2. The van der Waals surface area contributed by atoms with Crippen LogP contribution in [-0.4, -0.2) is 48.4 Å². The van der Waals surface area contributed by atoms with Crippen LogP contribution in [0.4, 0.5) is 0 Å². The van der Waals surface area contributed by atoms with Crippen LogP contribution >= 0.6 is 0 Å². The van der Waals surface area contributed by atoms with Gasteiger partial charge in [-0.3, -0.25) is 9.69 Å². The van der Waals surface area contributed by atoms with Gasteiger partial charge in [0.15, 0.2) is 0 Å². The number of carbonyl (C=O) groups excluding carboxylic acids is 1. The molecule has 5 nitrogen and oxygen atoms in total. The van der Waals surface area contributed by atoms with Crippen LogP contribution in [0.1, 0.15) is 25.0 Å². The second-order valence-corrected chi connectivity index (χ2v) is 6.68. The van der Waals surface area contributed by atoms with E-state index in [2.05, 4.69) is 15.4 Å². The Balaban J connectivity index is 1.71. The topological polar surface area (TPSA) is 53.9 Å². The van der Waals surface area contributed by atoms with Gasteiger partial charge in [-0.25, -0.2) is 5.43 Å². The smallest absolute Gasteiger partial charge is 0.254 e. The van der Waals surface area contributed by atoms with Crippen molar-refractivity contribution in [2.75, 3.05) is 19.6 Å². The molecule has 1 N–H and O–H groups in total. The molecule has 26 heavy (non-hydrogen) atoms. The molecule has 2 atom stereocenters. The van der Waals surface area contributed by atoms with Crippen molar-refractivity contribution < 1.29 is 9.53 Å². The molecule has 1 aliphatic heterocycles. The van der Waals surface area contributed by atoms with E-state index >= 15 is 0 Å². The molecule has 0 aromatic heterocycles. The second-order valence-electron chi connectivity index (χ2n) is 6.68. The number of amides is 1. The van der Waals surface area contributed by atoms with E-state index in [-0.39, 0.29) is 18.1 Å². The van der Waals surface area contributed by atoms with Gasteiger partial charge in [0.25, 0.3) is 5.91 Å². The Kier molecular flexibility index (Phi) is 6.15. The molecule has 0 saturated carbocycles. The van der Waals surface area contributed by atoms with Crippen molar-refractivity contribution in [3.63, 3.8) is 0 Å². The SMILES string of the molecule is CC1CN(CC(=O)NN=C(c2ccccc2)c2ccccc2)CC(C)O1. The number of rotatable bonds is 5. The highest BCUT2D eigenvalue weighted by Gasteiger charge is 2.23. The van der Waals surface area contributed by atoms with E-state index in [0.29, 0.717) is 6.54 Å². The van der Waals surface area contributed by atoms with Gasteiger partial charge >= 0.3 is 0 Å². The Hall–Kier alpha value is -2.50. The minimum Gasteiger partial charge on any atom is -0.373 e. The van der Waals surface area contributed by atoms with Crippen molar-refractivity contribution >= 4 is 11.6 Å². The van der Waals surface area contributed by atoms with Crippen LogP contribution in [0.2, 0.25) is 0 Å². The summed E-state index contributed by atoms with van der Waals surface area (Å²) in [5.74, 6) is -0.115. The fourth-order valence-corrected chi connectivity index (χ4v) is 3.26. The van der Waals surface area contributed by atoms with Gasteiger partial charge in [-0.2, -0.15) is 5.10 Å². The predicted octanol–water partition coefficient (Wildman–Crippen LogP) is 2.66. The Morgan fingerprint density at radius 1 is 1.00 bits per heavy atom. The average molecular weight is 351 g/mol. The fraction of sp³-hybridized carbons (Fsp3) is 0.333. The zero-order valence-electron chi connectivity index (χ0n) is 15.3. The van der Waals surface area contributed by atoms with Crippen LogP contribution in [0.25, 0.3) is 0 Å². The summed E-state index contributed by atoms with van der Waals surface area (Å²) in [6, 6.07) is 19.7. The zero-order chi connectivity index (χ0) is 18.4. The van der Waals surface area contributed by atoms with Gasteiger partial charge in [-0.15, -0.1) is 0 Å². The normalized spacial score (nSPS) is 20.4. The summed E-state index contributed by atoms with van der Waals surface area (Å²) >= 11 is 0. The van der Waals surface area contributed by atoms with Gasteiger partial charge in [-0.05, 0) is 13.8 Å². The highest BCUT2D eigenvalue weighted by molar-refractivity contribution is 6.13. The molecule has 5 heteroatoms. The van der Waals surface area contributed by atoms with E-state index in [4.69, 9.17) is 4.74 Å². The van der Waals surface area contributed by atoms with E-state index < -0.39 is 0 Å². The molecule has 2 aromatic carbocycles. The Morgan fingerprint density at radius 3 is 2.00 bits per heavy atom. The van der Waals surface area contributed by atoms with Crippen molar-refractivity contribution in [1.29, 1.82) is 0 Å². The summed E-state index contributed by atoms with van der Waals surface area (Å²) in [7, 11) is 0. The second kappa shape index (κ2) is 8.74. The van der Waals surface area contributed by atoms with Gasteiger partial charge in [0, 0.05) is 24.2 Å². The van der Waals surface area contributed by atoms with E-state index in [9.17, 15) is 4.79 Å². The first kappa shape index (κ1) is 18.3. The van der Waals surface area contributed by atoms with Crippen LogP contribution in [0.5, 0.6) is 0 Å². The molecule has 2 aromatic rings.